The Balaban J connectivity index is 1.51. The molecule has 24 heavy (non-hydrogen) atoms. The van der Waals surface area contributed by atoms with E-state index < -0.39 is 6.10 Å². The number of morpholine rings is 1. The lowest BCUT2D eigenvalue weighted by Crippen LogP contribution is -2.42. The molecule has 1 saturated heterocycles. The molecule has 0 unspecified atom stereocenters. The number of pyridine rings is 1. The fraction of sp³-hybridized carbons (Fsp3) is 0.529. The van der Waals surface area contributed by atoms with Gasteiger partial charge in [0.2, 0.25) is 0 Å². The van der Waals surface area contributed by atoms with Crippen LogP contribution in [0.2, 0.25) is 0 Å². The van der Waals surface area contributed by atoms with E-state index in [9.17, 15) is 5.11 Å². The number of anilines is 1. The summed E-state index contributed by atoms with van der Waals surface area (Å²) in [5, 5.41) is 17.8. The van der Waals surface area contributed by atoms with Gasteiger partial charge in [0, 0.05) is 31.9 Å². The van der Waals surface area contributed by atoms with Crippen molar-refractivity contribution in [3.05, 3.63) is 35.8 Å². The number of aromatic nitrogens is 3. The van der Waals surface area contributed by atoms with Gasteiger partial charge in [-0.05, 0) is 32.0 Å². The second-order valence-corrected chi connectivity index (χ2v) is 6.19. The van der Waals surface area contributed by atoms with E-state index in [0.29, 0.717) is 13.1 Å². The van der Waals surface area contributed by atoms with Gasteiger partial charge in [-0.15, -0.1) is 0 Å². The van der Waals surface area contributed by atoms with E-state index in [1.54, 1.807) is 6.20 Å². The van der Waals surface area contributed by atoms with Gasteiger partial charge in [-0.3, -0.25) is 4.90 Å². The van der Waals surface area contributed by atoms with Crippen LogP contribution in [0.25, 0.3) is 5.69 Å². The van der Waals surface area contributed by atoms with E-state index in [-0.39, 0.29) is 0 Å². The van der Waals surface area contributed by atoms with Gasteiger partial charge in [-0.2, -0.15) is 5.10 Å². The van der Waals surface area contributed by atoms with Crippen molar-refractivity contribution in [2.75, 3.05) is 44.7 Å². The van der Waals surface area contributed by atoms with Crippen LogP contribution >= 0.6 is 0 Å². The highest BCUT2D eigenvalue weighted by Gasteiger charge is 2.14. The SMILES string of the molecule is Cc1cc(C)n(-c2ccc(NC[C@H](O)CN3CCOCC3)nc2)n1. The van der Waals surface area contributed by atoms with Crippen LogP contribution in [-0.4, -0.2) is 70.3 Å². The molecular weight excluding hydrogens is 306 g/mol. The zero-order valence-electron chi connectivity index (χ0n) is 14.3. The number of hydrogen-bond acceptors (Lipinski definition) is 6. The molecule has 0 saturated carbocycles. The number of nitrogens with zero attached hydrogens (tertiary/aromatic N) is 4. The molecule has 3 rings (SSSR count). The zero-order valence-corrected chi connectivity index (χ0v) is 14.3. The lowest BCUT2D eigenvalue weighted by Gasteiger charge is -2.28. The highest BCUT2D eigenvalue weighted by atomic mass is 16.5. The number of β-amino-alcohol motifs (C(OH)–C–C–N with tert-alkyl or cyclic N) is 1. The van der Waals surface area contributed by atoms with Crippen LogP contribution in [0.15, 0.2) is 24.4 Å². The van der Waals surface area contributed by atoms with Crippen molar-refractivity contribution in [1.29, 1.82) is 0 Å². The number of nitrogens with one attached hydrogen (secondary N) is 1. The summed E-state index contributed by atoms with van der Waals surface area (Å²) in [5.74, 6) is 0.751. The number of aryl methyl sites for hydroxylation is 2. The van der Waals surface area contributed by atoms with Crippen molar-refractivity contribution in [3.63, 3.8) is 0 Å². The summed E-state index contributed by atoms with van der Waals surface area (Å²) in [6, 6.07) is 5.92. The van der Waals surface area contributed by atoms with Crippen molar-refractivity contribution < 1.29 is 9.84 Å². The summed E-state index contributed by atoms with van der Waals surface area (Å²) in [5.41, 5.74) is 3.00. The van der Waals surface area contributed by atoms with Gasteiger partial charge in [0.25, 0.3) is 0 Å². The molecule has 2 aromatic heterocycles. The highest BCUT2D eigenvalue weighted by Crippen LogP contribution is 2.13. The molecule has 0 aliphatic carbocycles. The van der Waals surface area contributed by atoms with E-state index in [4.69, 9.17) is 4.74 Å². The van der Waals surface area contributed by atoms with Gasteiger partial charge in [-0.25, -0.2) is 9.67 Å². The first-order valence-electron chi connectivity index (χ1n) is 8.33. The van der Waals surface area contributed by atoms with Gasteiger partial charge in [0.15, 0.2) is 0 Å². The third kappa shape index (κ3) is 4.31. The van der Waals surface area contributed by atoms with E-state index in [2.05, 4.69) is 20.3 Å². The minimum Gasteiger partial charge on any atom is -0.390 e. The molecule has 1 atom stereocenters. The Hall–Kier alpha value is -1.96. The predicted octanol–water partition coefficient (Wildman–Crippen LogP) is 0.989. The zero-order chi connectivity index (χ0) is 16.9. The lowest BCUT2D eigenvalue weighted by molar-refractivity contribution is 0.0171. The van der Waals surface area contributed by atoms with E-state index in [0.717, 1.165) is 49.2 Å². The molecule has 0 bridgehead atoms. The number of hydrogen-bond donors (Lipinski definition) is 2. The first-order chi connectivity index (χ1) is 11.6. The second-order valence-electron chi connectivity index (χ2n) is 6.19. The van der Waals surface area contributed by atoms with Crippen LogP contribution in [-0.2, 0) is 4.74 Å². The van der Waals surface area contributed by atoms with Crippen LogP contribution in [0.4, 0.5) is 5.82 Å². The Kier molecular flexibility index (Phi) is 5.44. The quantitative estimate of drug-likeness (QED) is 0.822. The maximum absolute atomic E-state index is 10.1. The Morgan fingerprint density at radius 2 is 2.08 bits per heavy atom. The van der Waals surface area contributed by atoms with Crippen molar-refractivity contribution in [2.24, 2.45) is 0 Å². The van der Waals surface area contributed by atoms with Crippen molar-refractivity contribution in [3.8, 4) is 5.69 Å². The Bertz CT molecular complexity index is 650. The first kappa shape index (κ1) is 16.9. The molecule has 1 fully saturated rings. The number of aliphatic hydroxyl groups is 1. The molecule has 1 aliphatic heterocycles. The fourth-order valence-electron chi connectivity index (χ4n) is 2.87. The summed E-state index contributed by atoms with van der Waals surface area (Å²) in [7, 11) is 0. The Morgan fingerprint density at radius 1 is 1.29 bits per heavy atom. The highest BCUT2D eigenvalue weighted by molar-refractivity contribution is 5.41. The molecule has 2 N–H and O–H groups in total. The first-order valence-corrected chi connectivity index (χ1v) is 8.33. The molecular formula is C17H25N5O2. The molecule has 7 nitrogen and oxygen atoms in total. The molecule has 2 aromatic rings. The molecule has 130 valence electrons. The summed E-state index contributed by atoms with van der Waals surface area (Å²) in [6.45, 7) is 8.38. The monoisotopic (exact) mass is 331 g/mol. The van der Waals surface area contributed by atoms with Crippen molar-refractivity contribution >= 4 is 5.82 Å². The largest absolute Gasteiger partial charge is 0.390 e. The predicted molar refractivity (Wildman–Crippen MR) is 92.6 cm³/mol. The number of aliphatic hydroxyl groups excluding tert-OH is 1. The van der Waals surface area contributed by atoms with Crippen LogP contribution < -0.4 is 5.32 Å². The second kappa shape index (κ2) is 7.74. The van der Waals surface area contributed by atoms with Crippen molar-refractivity contribution in [1.82, 2.24) is 19.7 Å². The van der Waals surface area contributed by atoms with Gasteiger partial charge >= 0.3 is 0 Å². The normalized spacial score (nSPS) is 17.0. The van der Waals surface area contributed by atoms with E-state index in [1.807, 2.05) is 36.7 Å². The maximum atomic E-state index is 10.1. The smallest absolute Gasteiger partial charge is 0.126 e. The van der Waals surface area contributed by atoms with Gasteiger partial charge in [0.05, 0.1) is 36.9 Å². The summed E-state index contributed by atoms with van der Waals surface area (Å²) in [6.07, 6.45) is 1.36. The minimum absolute atomic E-state index is 0.430. The van der Waals surface area contributed by atoms with Gasteiger partial charge < -0.3 is 15.2 Å². The van der Waals surface area contributed by atoms with E-state index >= 15 is 0 Å². The molecule has 1 aliphatic rings. The summed E-state index contributed by atoms with van der Waals surface area (Å²) < 4.78 is 7.19. The molecule has 7 heteroatoms. The van der Waals surface area contributed by atoms with Crippen LogP contribution in [0.1, 0.15) is 11.4 Å². The van der Waals surface area contributed by atoms with Crippen molar-refractivity contribution in [2.45, 2.75) is 20.0 Å². The van der Waals surface area contributed by atoms with Crippen LogP contribution in [0, 0.1) is 13.8 Å². The Morgan fingerprint density at radius 3 is 2.71 bits per heavy atom. The van der Waals surface area contributed by atoms with E-state index in [1.165, 1.54) is 0 Å². The van der Waals surface area contributed by atoms with Gasteiger partial charge in [-0.1, -0.05) is 0 Å². The van der Waals surface area contributed by atoms with Crippen LogP contribution in [0.5, 0.6) is 0 Å². The maximum Gasteiger partial charge on any atom is 0.126 e. The standard InChI is InChI=1S/C17H25N5O2/c1-13-9-14(2)22(20-13)15-3-4-17(18-10-15)19-11-16(23)12-21-5-7-24-8-6-21/h3-4,9-10,16,23H,5-8,11-12H2,1-2H3,(H,18,19)/t16-/m0/s1. The number of ether oxygens (including phenoxy) is 1. The number of rotatable bonds is 6. The molecule has 0 aromatic carbocycles. The topological polar surface area (TPSA) is 75.4 Å². The summed E-state index contributed by atoms with van der Waals surface area (Å²) >= 11 is 0. The third-order valence-corrected chi connectivity index (χ3v) is 4.09. The molecule has 0 amide bonds. The fourth-order valence-corrected chi connectivity index (χ4v) is 2.87. The molecule has 0 radical (unpaired) electrons. The van der Waals surface area contributed by atoms with Crippen LogP contribution in [0.3, 0.4) is 0 Å². The minimum atomic E-state index is -0.430. The molecule has 0 spiro atoms. The Labute approximate surface area is 142 Å². The molecule has 3 heterocycles. The average molecular weight is 331 g/mol. The summed E-state index contributed by atoms with van der Waals surface area (Å²) in [4.78, 5) is 6.63. The lowest BCUT2D eigenvalue weighted by atomic mass is 10.3. The third-order valence-electron chi connectivity index (χ3n) is 4.09. The van der Waals surface area contributed by atoms with Gasteiger partial charge in [0.1, 0.15) is 5.82 Å². The average Bonchev–Trinajstić information content (AvgIpc) is 2.93.